The van der Waals surface area contributed by atoms with Crippen LogP contribution >= 0.6 is 11.8 Å². The standard InChI is InChI=1S/C17H16FN3O3S.C2HF3O2/c18-14-11-15(21(23)24)13(17(22)20-8-6-19-7-9-20)10-16(14)25-12-4-2-1-3-5-12;3-2(4,5)1(6)7/h1-5,10-11,19H,6-9H2;(H,6,7). The minimum absolute atomic E-state index is 0.0632. The third-order valence-electron chi connectivity index (χ3n) is 4.17. The molecule has 1 aliphatic rings. The van der Waals surface area contributed by atoms with E-state index < -0.39 is 34.5 Å². The molecule has 0 bridgehead atoms. The second-order valence-electron chi connectivity index (χ2n) is 6.42. The molecule has 0 atom stereocenters. The van der Waals surface area contributed by atoms with Crippen molar-refractivity contribution < 1.29 is 42.5 Å². The quantitative estimate of drug-likeness (QED) is 0.403. The number of aliphatic carboxylic acids is 1. The van der Waals surface area contributed by atoms with Gasteiger partial charge in [-0.15, -0.1) is 0 Å². The first-order chi connectivity index (χ1) is 15.0. The van der Waals surface area contributed by atoms with Crippen molar-refractivity contribution in [2.24, 2.45) is 0 Å². The first-order valence-corrected chi connectivity index (χ1v) is 9.92. The maximum Gasteiger partial charge on any atom is 0.430 e. The molecule has 1 amide bonds. The zero-order valence-electron chi connectivity index (χ0n) is 16.3. The zero-order valence-corrected chi connectivity index (χ0v) is 17.1. The van der Waals surface area contributed by atoms with E-state index in [1.54, 1.807) is 4.90 Å². The molecule has 2 aromatic carbocycles. The number of nitro groups is 1. The highest BCUT2D eigenvalue weighted by Crippen LogP contribution is 2.34. The number of halogens is 4. The minimum atomic E-state index is -5.19. The van der Waals surface area contributed by atoms with E-state index in [4.69, 9.17) is 9.90 Å². The summed E-state index contributed by atoms with van der Waals surface area (Å²) in [7, 11) is 0. The van der Waals surface area contributed by atoms with E-state index in [0.717, 1.165) is 35.8 Å². The molecule has 32 heavy (non-hydrogen) atoms. The summed E-state index contributed by atoms with van der Waals surface area (Å²) < 4.78 is 45.9. The summed E-state index contributed by atoms with van der Waals surface area (Å²) >= 11 is 1.14. The fourth-order valence-corrected chi connectivity index (χ4v) is 3.56. The molecule has 2 N–H and O–H groups in total. The van der Waals surface area contributed by atoms with Gasteiger partial charge >= 0.3 is 6.18 Å². The molecule has 1 heterocycles. The number of carbonyl (C=O) groups is 2. The number of hydrogen-bond donors (Lipinski definition) is 1. The van der Waals surface area contributed by atoms with Gasteiger partial charge in [0.05, 0.1) is 37.2 Å². The van der Waals surface area contributed by atoms with Gasteiger partial charge in [0.1, 0.15) is 17.3 Å². The minimum Gasteiger partial charge on any atom is -0.542 e. The first kappa shape index (κ1) is 25.1. The predicted molar refractivity (Wildman–Crippen MR) is 102 cm³/mol. The molecule has 0 radical (unpaired) electrons. The van der Waals surface area contributed by atoms with E-state index in [-0.39, 0.29) is 10.5 Å². The van der Waals surface area contributed by atoms with Gasteiger partial charge in [-0.25, -0.2) is 4.39 Å². The number of rotatable bonds is 4. The Morgan fingerprint density at radius 3 is 2.16 bits per heavy atom. The fourth-order valence-electron chi connectivity index (χ4n) is 2.68. The molecular weight excluding hydrogens is 458 g/mol. The molecule has 0 unspecified atom stereocenters. The summed E-state index contributed by atoms with van der Waals surface area (Å²) in [5.74, 6) is -4.13. The number of carboxylic acid groups (broad SMARTS) is 1. The second-order valence-corrected chi connectivity index (χ2v) is 7.53. The Labute approximate surface area is 183 Å². The van der Waals surface area contributed by atoms with Crippen molar-refractivity contribution in [2.45, 2.75) is 16.0 Å². The van der Waals surface area contributed by atoms with Gasteiger partial charge in [-0.3, -0.25) is 14.9 Å². The van der Waals surface area contributed by atoms with Crippen LogP contribution in [0.2, 0.25) is 0 Å². The Hall–Kier alpha value is -3.19. The van der Waals surface area contributed by atoms with E-state index in [9.17, 15) is 32.5 Å². The lowest BCUT2D eigenvalue weighted by molar-refractivity contribution is -0.661. The molecule has 172 valence electrons. The van der Waals surface area contributed by atoms with Gasteiger partial charge in [-0.2, -0.15) is 13.2 Å². The van der Waals surface area contributed by atoms with Crippen molar-refractivity contribution >= 4 is 29.3 Å². The molecule has 2 aromatic rings. The van der Waals surface area contributed by atoms with Crippen LogP contribution in [-0.4, -0.2) is 54.1 Å². The molecule has 1 aliphatic heterocycles. The number of quaternary nitrogens is 1. The van der Waals surface area contributed by atoms with Crippen molar-refractivity contribution in [1.82, 2.24) is 4.90 Å². The number of nitrogens with zero attached hydrogens (tertiary/aromatic N) is 2. The third kappa shape index (κ3) is 6.92. The predicted octanol–water partition coefficient (Wildman–Crippen LogP) is 1.20. The zero-order chi connectivity index (χ0) is 23.9. The number of nitrogens with two attached hydrogens (primary N) is 1. The average molecular weight is 475 g/mol. The van der Waals surface area contributed by atoms with E-state index in [1.807, 2.05) is 30.3 Å². The second kappa shape index (κ2) is 10.9. The summed E-state index contributed by atoms with van der Waals surface area (Å²) in [5.41, 5.74) is -0.554. The molecule has 3 rings (SSSR count). The summed E-state index contributed by atoms with van der Waals surface area (Å²) in [5, 5.41) is 22.2. The van der Waals surface area contributed by atoms with Gasteiger partial charge in [0.25, 0.3) is 11.6 Å². The number of alkyl halides is 3. The lowest BCUT2D eigenvalue weighted by Crippen LogP contribution is -2.89. The van der Waals surface area contributed by atoms with Crippen molar-refractivity contribution in [3.05, 3.63) is 64.0 Å². The van der Waals surface area contributed by atoms with Gasteiger partial charge in [-0.05, 0) is 18.2 Å². The SMILES string of the molecule is O=C([O-])C(F)(F)F.O=C(c1cc(Sc2ccccc2)c(F)cc1[N+](=O)[O-])N1CC[NH2+]CC1. The van der Waals surface area contributed by atoms with Gasteiger partial charge in [-0.1, -0.05) is 30.0 Å². The van der Waals surface area contributed by atoms with E-state index in [1.165, 1.54) is 6.07 Å². The van der Waals surface area contributed by atoms with E-state index in [2.05, 4.69) is 5.32 Å². The average Bonchev–Trinajstić information content (AvgIpc) is 2.75. The number of amides is 1. The van der Waals surface area contributed by atoms with Crippen molar-refractivity contribution in [1.29, 1.82) is 0 Å². The van der Waals surface area contributed by atoms with Crippen LogP contribution in [0.25, 0.3) is 0 Å². The van der Waals surface area contributed by atoms with Crippen LogP contribution in [0.4, 0.5) is 23.2 Å². The Morgan fingerprint density at radius 1 is 1.09 bits per heavy atom. The maximum absolute atomic E-state index is 14.3. The summed E-state index contributed by atoms with van der Waals surface area (Å²) in [6, 6.07) is 11.3. The first-order valence-electron chi connectivity index (χ1n) is 9.10. The smallest absolute Gasteiger partial charge is 0.430 e. The van der Waals surface area contributed by atoms with Gasteiger partial charge < -0.3 is 20.1 Å². The van der Waals surface area contributed by atoms with Gasteiger partial charge in [0.15, 0.2) is 0 Å². The molecule has 8 nitrogen and oxygen atoms in total. The van der Waals surface area contributed by atoms with Crippen LogP contribution in [0.3, 0.4) is 0 Å². The fraction of sp³-hybridized carbons (Fsp3) is 0.263. The van der Waals surface area contributed by atoms with Crippen LogP contribution in [0, 0.1) is 15.9 Å². The van der Waals surface area contributed by atoms with Crippen LogP contribution in [0.1, 0.15) is 10.4 Å². The van der Waals surface area contributed by atoms with Crippen molar-refractivity contribution in [3.63, 3.8) is 0 Å². The Bertz CT molecular complexity index is 983. The van der Waals surface area contributed by atoms with Crippen molar-refractivity contribution in [3.8, 4) is 0 Å². The number of nitro benzene ring substituents is 1. The molecule has 0 aromatic heterocycles. The lowest BCUT2D eigenvalue weighted by Gasteiger charge is -2.25. The third-order valence-corrected chi connectivity index (χ3v) is 5.21. The number of carbonyl (C=O) groups excluding carboxylic acids is 2. The van der Waals surface area contributed by atoms with Crippen LogP contribution in [-0.2, 0) is 4.79 Å². The normalized spacial score (nSPS) is 13.7. The lowest BCUT2D eigenvalue weighted by atomic mass is 10.1. The Balaban J connectivity index is 0.000000451. The molecule has 0 spiro atoms. The number of benzene rings is 2. The summed E-state index contributed by atoms with van der Waals surface area (Å²) in [4.78, 5) is 34.7. The van der Waals surface area contributed by atoms with Crippen LogP contribution in [0.5, 0.6) is 0 Å². The summed E-state index contributed by atoms with van der Waals surface area (Å²) in [6.07, 6.45) is -5.19. The summed E-state index contributed by atoms with van der Waals surface area (Å²) in [6.45, 7) is 2.56. The highest BCUT2D eigenvalue weighted by atomic mass is 32.2. The van der Waals surface area contributed by atoms with Crippen molar-refractivity contribution in [2.75, 3.05) is 26.2 Å². The largest absolute Gasteiger partial charge is 0.542 e. The van der Waals surface area contributed by atoms with E-state index in [0.29, 0.717) is 13.1 Å². The molecule has 1 saturated heterocycles. The monoisotopic (exact) mass is 475 g/mol. The van der Waals surface area contributed by atoms with Crippen LogP contribution in [0.15, 0.2) is 52.3 Å². The number of piperazine rings is 1. The molecular formula is C19H17F4N3O5S. The molecule has 0 saturated carbocycles. The highest BCUT2D eigenvalue weighted by Gasteiger charge is 2.29. The number of hydrogen-bond acceptors (Lipinski definition) is 6. The maximum atomic E-state index is 14.3. The highest BCUT2D eigenvalue weighted by molar-refractivity contribution is 7.99. The Morgan fingerprint density at radius 2 is 1.66 bits per heavy atom. The van der Waals surface area contributed by atoms with Crippen LogP contribution < -0.4 is 10.4 Å². The molecule has 13 heteroatoms. The Kier molecular flexibility index (Phi) is 8.55. The topological polar surface area (TPSA) is 120 Å². The molecule has 1 fully saturated rings. The van der Waals surface area contributed by atoms with E-state index >= 15 is 0 Å². The van der Waals surface area contributed by atoms with Gasteiger partial charge in [0.2, 0.25) is 0 Å². The van der Waals surface area contributed by atoms with Gasteiger partial charge in [0, 0.05) is 9.79 Å². The molecule has 0 aliphatic carbocycles. The number of carboxylic acids is 1.